The molecule has 6 fully saturated rings. The first-order valence-electron chi connectivity index (χ1n) is 4.65. The van der Waals surface area contributed by atoms with Crippen LogP contribution in [0.1, 0.15) is 0 Å². The average molecular weight is 144 g/mol. The van der Waals surface area contributed by atoms with Crippen molar-refractivity contribution < 1.29 is 4.79 Å². The van der Waals surface area contributed by atoms with Gasteiger partial charge in [-0.15, -0.1) is 0 Å². The molecule has 0 saturated heterocycles. The van der Waals surface area contributed by atoms with Gasteiger partial charge < -0.3 is 0 Å². The minimum Gasteiger partial charge on any atom is -0.234 e. The zero-order valence-corrected chi connectivity index (χ0v) is 6.03. The normalized spacial score (nSPS) is 87.5. The molecule has 0 aliphatic heterocycles. The van der Waals surface area contributed by atoms with Gasteiger partial charge in [-0.05, 0) is 41.4 Å². The van der Waals surface area contributed by atoms with Crippen molar-refractivity contribution in [3.05, 3.63) is 6.08 Å². The highest BCUT2D eigenvalue weighted by atomic mass is 16.1. The van der Waals surface area contributed by atoms with Crippen molar-refractivity contribution in [2.75, 3.05) is 0 Å². The predicted molar refractivity (Wildman–Crippen MR) is 37.1 cm³/mol. The summed E-state index contributed by atoms with van der Waals surface area (Å²) < 4.78 is 0. The molecule has 11 heavy (non-hydrogen) atoms. The maximum atomic E-state index is 10.3. The summed E-state index contributed by atoms with van der Waals surface area (Å²) in [5, 5.41) is 0. The molecule has 0 unspecified atom stereocenters. The molecule has 0 aromatic carbocycles. The van der Waals surface area contributed by atoms with Gasteiger partial charge in [0.15, 0.2) is 0 Å². The van der Waals surface area contributed by atoms with Crippen molar-refractivity contribution in [3.63, 3.8) is 0 Å². The molecule has 1 heteroatoms. The largest absolute Gasteiger partial charge is 0.234 e. The van der Waals surface area contributed by atoms with E-state index >= 15 is 0 Å². The van der Waals surface area contributed by atoms with E-state index < -0.39 is 0 Å². The standard InChI is InChI=1S/C10H8O/c11-2-1-10-7-4-3-5(7)9(10)6(3)8(4)10/h1,3-9H. The summed E-state index contributed by atoms with van der Waals surface area (Å²) in [7, 11) is 0. The van der Waals surface area contributed by atoms with E-state index in [2.05, 4.69) is 0 Å². The maximum absolute atomic E-state index is 10.3. The topological polar surface area (TPSA) is 17.1 Å². The molecular formula is C10H8O. The highest BCUT2D eigenvalue weighted by Gasteiger charge is 3.03. The van der Waals surface area contributed by atoms with Crippen LogP contribution < -0.4 is 0 Å². The van der Waals surface area contributed by atoms with Crippen molar-refractivity contribution in [2.45, 2.75) is 0 Å². The van der Waals surface area contributed by atoms with E-state index in [4.69, 9.17) is 0 Å². The van der Waals surface area contributed by atoms with Crippen molar-refractivity contribution in [2.24, 2.45) is 46.8 Å². The van der Waals surface area contributed by atoms with Crippen LogP contribution in [0.3, 0.4) is 0 Å². The lowest BCUT2D eigenvalue weighted by atomic mass is 8.96. The lowest BCUT2D eigenvalue weighted by molar-refractivity contribution is -0.599. The molecule has 0 aromatic heterocycles. The van der Waals surface area contributed by atoms with Crippen LogP contribution in [0.2, 0.25) is 0 Å². The molecule has 0 heterocycles. The van der Waals surface area contributed by atoms with Crippen LogP contribution in [0, 0.1) is 46.8 Å². The third-order valence-electron chi connectivity index (χ3n) is 5.86. The number of rotatable bonds is 1. The van der Waals surface area contributed by atoms with Crippen molar-refractivity contribution in [1.29, 1.82) is 0 Å². The van der Waals surface area contributed by atoms with Gasteiger partial charge in [0.25, 0.3) is 0 Å². The van der Waals surface area contributed by atoms with Gasteiger partial charge in [0.2, 0.25) is 0 Å². The van der Waals surface area contributed by atoms with Crippen LogP contribution in [-0.4, -0.2) is 5.94 Å². The monoisotopic (exact) mass is 144 g/mol. The Labute approximate surface area is 64.5 Å². The van der Waals surface area contributed by atoms with Crippen LogP contribution in [0.5, 0.6) is 0 Å². The minimum absolute atomic E-state index is 0.469. The summed E-state index contributed by atoms with van der Waals surface area (Å²) >= 11 is 0. The summed E-state index contributed by atoms with van der Waals surface area (Å²) in [6.45, 7) is 0. The third kappa shape index (κ3) is 0.159. The Balaban J connectivity index is 1.78. The van der Waals surface area contributed by atoms with Crippen LogP contribution in [0.15, 0.2) is 6.08 Å². The van der Waals surface area contributed by atoms with Crippen LogP contribution in [0.25, 0.3) is 0 Å². The van der Waals surface area contributed by atoms with E-state index in [1.54, 1.807) is 0 Å². The maximum Gasteiger partial charge on any atom is 0.120 e. The minimum atomic E-state index is 0.469. The average Bonchev–Trinajstić information content (AvgIpc) is 2.06. The first-order valence-corrected chi connectivity index (χ1v) is 4.65. The van der Waals surface area contributed by atoms with Gasteiger partial charge in [-0.25, -0.2) is 4.79 Å². The molecule has 6 rings (SSSR count). The van der Waals surface area contributed by atoms with Crippen molar-refractivity contribution >= 4 is 5.94 Å². The van der Waals surface area contributed by atoms with Crippen LogP contribution in [-0.2, 0) is 4.79 Å². The summed E-state index contributed by atoms with van der Waals surface area (Å²) in [4.78, 5) is 10.3. The molecule has 0 radical (unpaired) electrons. The Morgan fingerprint density at radius 1 is 1.00 bits per heavy atom. The second-order valence-electron chi connectivity index (χ2n) is 5.15. The lowest BCUT2D eigenvalue weighted by Gasteiger charge is -3.07. The zero-order valence-electron chi connectivity index (χ0n) is 6.03. The van der Waals surface area contributed by atoms with Gasteiger partial charge in [-0.1, -0.05) is 0 Å². The van der Waals surface area contributed by atoms with Gasteiger partial charge in [-0.3, -0.25) is 0 Å². The summed E-state index contributed by atoms with van der Waals surface area (Å²) in [6.07, 6.45) is 1.88. The quantitative estimate of drug-likeness (QED) is 0.496. The summed E-state index contributed by atoms with van der Waals surface area (Å²) in [5.41, 5.74) is 0.469. The molecule has 0 atom stereocenters. The second kappa shape index (κ2) is 0.834. The Hall–Kier alpha value is -0.550. The molecular weight excluding hydrogens is 136 g/mol. The summed E-state index contributed by atoms with van der Waals surface area (Å²) in [6, 6.07) is 0. The van der Waals surface area contributed by atoms with Gasteiger partial charge in [-0.2, -0.15) is 0 Å². The zero-order chi connectivity index (χ0) is 6.96. The van der Waals surface area contributed by atoms with Gasteiger partial charge in [0.1, 0.15) is 5.94 Å². The Morgan fingerprint density at radius 2 is 1.55 bits per heavy atom. The lowest BCUT2D eigenvalue weighted by Crippen LogP contribution is -3.04. The highest BCUT2D eigenvalue weighted by molar-refractivity contribution is 5.60. The Bertz CT molecular complexity index is 299. The summed E-state index contributed by atoms with van der Waals surface area (Å²) in [5.74, 6) is 9.43. The molecule has 0 spiro atoms. The van der Waals surface area contributed by atoms with E-state index in [1.807, 2.05) is 12.0 Å². The first kappa shape index (κ1) is 4.47. The number of hydrogen-bond donors (Lipinski definition) is 0. The van der Waals surface area contributed by atoms with Gasteiger partial charge >= 0.3 is 0 Å². The van der Waals surface area contributed by atoms with Gasteiger partial charge in [0.05, 0.1) is 0 Å². The fraction of sp³-hybridized carbons (Fsp3) is 0.800. The first-order chi connectivity index (χ1) is 5.43. The predicted octanol–water partition coefficient (Wildman–Crippen LogP) is 0.742. The molecule has 6 aliphatic carbocycles. The van der Waals surface area contributed by atoms with E-state index in [0.717, 1.165) is 41.4 Å². The van der Waals surface area contributed by atoms with E-state index in [9.17, 15) is 4.79 Å². The smallest absolute Gasteiger partial charge is 0.120 e. The number of carbonyl (C=O) groups excluding carboxylic acids is 1. The van der Waals surface area contributed by atoms with E-state index in [0.29, 0.717) is 5.41 Å². The van der Waals surface area contributed by atoms with E-state index in [1.165, 1.54) is 0 Å². The second-order valence-corrected chi connectivity index (χ2v) is 5.15. The van der Waals surface area contributed by atoms with E-state index in [-0.39, 0.29) is 0 Å². The molecule has 0 bridgehead atoms. The van der Waals surface area contributed by atoms with Crippen LogP contribution in [0.4, 0.5) is 0 Å². The molecule has 54 valence electrons. The molecule has 6 saturated carbocycles. The molecule has 0 aromatic rings. The molecule has 1 nitrogen and oxygen atoms in total. The van der Waals surface area contributed by atoms with Crippen LogP contribution >= 0.6 is 0 Å². The Kier molecular flexibility index (Phi) is 0.339. The fourth-order valence-corrected chi connectivity index (χ4v) is 5.91. The number of allylic oxidation sites excluding steroid dienone is 1. The molecule has 6 aliphatic rings. The fourth-order valence-electron chi connectivity index (χ4n) is 5.91. The van der Waals surface area contributed by atoms with Crippen molar-refractivity contribution in [3.8, 4) is 0 Å². The number of hydrogen-bond acceptors (Lipinski definition) is 1. The SMILES string of the molecule is O=C=CC12C3C4C5C3C1C5C42. The molecule has 0 N–H and O–H groups in total. The Morgan fingerprint density at radius 3 is 2.00 bits per heavy atom. The highest BCUT2D eigenvalue weighted by Crippen LogP contribution is 3.06. The third-order valence-corrected chi connectivity index (χ3v) is 5.86. The van der Waals surface area contributed by atoms with Gasteiger partial charge in [0, 0.05) is 11.5 Å². The molecule has 0 amide bonds. The van der Waals surface area contributed by atoms with Crippen molar-refractivity contribution in [1.82, 2.24) is 0 Å².